The van der Waals surface area contributed by atoms with Gasteiger partial charge in [0.1, 0.15) is 29.1 Å². The van der Waals surface area contributed by atoms with Gasteiger partial charge in [-0.05, 0) is 68.7 Å². The van der Waals surface area contributed by atoms with E-state index in [-0.39, 0.29) is 17.6 Å². The number of aryl methyl sites for hydroxylation is 1. The van der Waals surface area contributed by atoms with Crippen LogP contribution in [0.5, 0.6) is 23.1 Å². The van der Waals surface area contributed by atoms with Crippen LogP contribution in [0.4, 0.5) is 8.78 Å². The van der Waals surface area contributed by atoms with E-state index in [4.69, 9.17) is 34.9 Å². The van der Waals surface area contributed by atoms with Crippen LogP contribution in [-0.2, 0) is 30.4 Å². The predicted octanol–water partition coefficient (Wildman–Crippen LogP) is 10.2. The highest BCUT2D eigenvalue weighted by atomic mass is 32.5. The van der Waals surface area contributed by atoms with Crippen LogP contribution in [0.25, 0.3) is 0 Å². The van der Waals surface area contributed by atoms with Crippen LogP contribution < -0.4 is 14.0 Å². The largest absolute Gasteiger partial charge is 0.457 e. The first-order chi connectivity index (χ1) is 24.8. The van der Waals surface area contributed by atoms with Gasteiger partial charge in [-0.1, -0.05) is 70.2 Å². The average Bonchev–Trinajstić information content (AvgIpc) is 3.08. The zero-order chi connectivity index (χ0) is 38.3. The van der Waals surface area contributed by atoms with Gasteiger partial charge in [0.2, 0.25) is 12.0 Å². The summed E-state index contributed by atoms with van der Waals surface area (Å²) in [4.78, 5) is 21.7. The minimum Gasteiger partial charge on any atom is -0.457 e. The minimum absolute atomic E-state index is 0.00486. The Morgan fingerprint density at radius 3 is 2.04 bits per heavy atom. The van der Waals surface area contributed by atoms with Gasteiger partial charge in [0.25, 0.3) is 0 Å². The van der Waals surface area contributed by atoms with E-state index in [1.54, 1.807) is 54.6 Å². The van der Waals surface area contributed by atoms with Gasteiger partial charge in [-0.25, -0.2) is 4.98 Å². The molecule has 1 heterocycles. The van der Waals surface area contributed by atoms with Crippen molar-refractivity contribution < 1.29 is 41.4 Å². The Morgan fingerprint density at radius 2 is 1.48 bits per heavy atom. The van der Waals surface area contributed by atoms with Crippen molar-refractivity contribution in [3.05, 3.63) is 108 Å². The van der Waals surface area contributed by atoms with Crippen molar-refractivity contribution in [2.45, 2.75) is 73.0 Å². The maximum atomic E-state index is 13.0. The number of carbonyl (C=O) groups is 1. The van der Waals surface area contributed by atoms with Crippen molar-refractivity contribution in [1.29, 1.82) is 5.26 Å². The van der Waals surface area contributed by atoms with Crippen LogP contribution in [0.1, 0.15) is 82.1 Å². The first-order valence-electron chi connectivity index (χ1n) is 16.7. The van der Waals surface area contributed by atoms with E-state index < -0.39 is 31.3 Å². The fraction of sp³-hybridized carbons (Fsp3) is 0.368. The third kappa shape index (κ3) is 13.3. The van der Waals surface area contributed by atoms with E-state index in [0.717, 1.165) is 11.5 Å². The third-order valence-corrected chi connectivity index (χ3v) is 9.44. The molecule has 0 fully saturated rings. The molecule has 14 heteroatoms. The number of benzene rings is 3. The Balaban J connectivity index is 0.000000326. The highest BCUT2D eigenvalue weighted by molar-refractivity contribution is 8.07. The van der Waals surface area contributed by atoms with Gasteiger partial charge in [0, 0.05) is 35.0 Å². The second kappa shape index (κ2) is 20.5. The average molecular weight is 756 g/mol. The van der Waals surface area contributed by atoms with Crippen molar-refractivity contribution in [3.8, 4) is 29.2 Å². The molecule has 1 aromatic heterocycles. The van der Waals surface area contributed by atoms with E-state index in [2.05, 4.69) is 14.7 Å². The number of carbonyl (C=O) groups excluding carboxylic acids is 1. The van der Waals surface area contributed by atoms with Crippen molar-refractivity contribution in [2.75, 3.05) is 13.2 Å². The van der Waals surface area contributed by atoms with Crippen LogP contribution in [0.2, 0.25) is 0 Å². The molecule has 0 N–H and O–H groups in total. The lowest BCUT2D eigenvalue weighted by Crippen LogP contribution is -2.22. The number of para-hydroxylation sites is 1. The SMILES string of the molecule is CC(C)[C@H](C(=O)OC(C#N)c1cccc(Oc2ccccc2)c1)c1ccc(OC(F)F)cc1.CCOP(=S)(OCC)Oc1cc(C)nc(C(C)C)n1. The third-order valence-electron chi connectivity index (χ3n) is 7.02. The van der Waals surface area contributed by atoms with E-state index >= 15 is 0 Å². The van der Waals surface area contributed by atoms with Gasteiger partial charge >= 0.3 is 19.3 Å². The molecule has 278 valence electrons. The van der Waals surface area contributed by atoms with E-state index in [1.807, 2.05) is 72.7 Å². The maximum Gasteiger partial charge on any atom is 0.387 e. The molecule has 0 saturated carbocycles. The van der Waals surface area contributed by atoms with Crippen molar-refractivity contribution in [1.82, 2.24) is 9.97 Å². The second-order valence-electron chi connectivity index (χ2n) is 11.8. The molecule has 52 heavy (non-hydrogen) atoms. The summed E-state index contributed by atoms with van der Waals surface area (Å²) in [7, 11) is 0. The molecule has 0 bridgehead atoms. The normalized spacial score (nSPS) is 12.4. The van der Waals surface area contributed by atoms with Crippen LogP contribution >= 0.6 is 6.72 Å². The van der Waals surface area contributed by atoms with Crippen LogP contribution in [0.15, 0.2) is 84.9 Å². The molecule has 0 aliphatic heterocycles. The predicted molar refractivity (Wildman–Crippen MR) is 197 cm³/mol. The smallest absolute Gasteiger partial charge is 0.387 e. The molecule has 10 nitrogen and oxygen atoms in total. The molecule has 0 saturated heterocycles. The number of nitrogens with zero attached hydrogens (tertiary/aromatic N) is 3. The summed E-state index contributed by atoms with van der Waals surface area (Å²) in [5.41, 5.74) is 1.89. The van der Waals surface area contributed by atoms with E-state index in [0.29, 0.717) is 41.7 Å². The summed E-state index contributed by atoms with van der Waals surface area (Å²) in [5.74, 6) is 1.06. The van der Waals surface area contributed by atoms with Gasteiger partial charge in [-0.2, -0.15) is 19.0 Å². The number of alkyl halides is 2. The lowest BCUT2D eigenvalue weighted by molar-refractivity contribution is -0.150. The Hall–Kier alpha value is -4.47. The number of nitriles is 1. The molecule has 4 aromatic rings. The van der Waals surface area contributed by atoms with Crippen LogP contribution in [0, 0.1) is 24.2 Å². The van der Waals surface area contributed by atoms with Crippen molar-refractivity contribution in [2.24, 2.45) is 5.92 Å². The standard InChI is InChI=1S/C26H23F2NO4.C12H21N2O3PS/c1-17(2)24(18-11-13-21(14-12-18)32-26(27)28)25(30)33-23(16-29)19-7-6-10-22(15-19)31-20-8-4-3-5-9-20;1-6-15-18(19,16-7-2)17-11-8-10(5)13-12(14-11)9(3)4/h3-15,17,23-24,26H,1-2H3;8-9H,6-7H2,1-5H3/t23?,24-;/m0./s1. The van der Waals surface area contributed by atoms with E-state index in [1.165, 1.54) is 12.1 Å². The minimum atomic E-state index is -2.93. The van der Waals surface area contributed by atoms with Crippen molar-refractivity contribution in [3.63, 3.8) is 0 Å². The molecule has 0 spiro atoms. The number of esters is 1. The number of hydrogen-bond donors (Lipinski definition) is 0. The Bertz CT molecular complexity index is 1800. The Kier molecular flexibility index (Phi) is 16.6. The Labute approximate surface area is 309 Å². The fourth-order valence-electron chi connectivity index (χ4n) is 4.76. The summed E-state index contributed by atoms with van der Waals surface area (Å²) in [6.45, 7) is 8.52. The molecular formula is C38H44F2N3O7PS. The van der Waals surface area contributed by atoms with Gasteiger partial charge in [0.05, 0.1) is 19.1 Å². The molecule has 4 rings (SSSR count). The summed E-state index contributed by atoms with van der Waals surface area (Å²) < 4.78 is 57.1. The Morgan fingerprint density at radius 1 is 0.846 bits per heavy atom. The van der Waals surface area contributed by atoms with Gasteiger partial charge in [-0.15, -0.1) is 0 Å². The van der Waals surface area contributed by atoms with Crippen LogP contribution in [-0.4, -0.2) is 35.8 Å². The molecule has 3 aromatic carbocycles. The highest BCUT2D eigenvalue weighted by Gasteiger charge is 2.29. The second-order valence-corrected chi connectivity index (χ2v) is 14.8. The van der Waals surface area contributed by atoms with Gasteiger partial charge in [-0.3, -0.25) is 13.8 Å². The highest BCUT2D eigenvalue weighted by Crippen LogP contribution is 2.49. The molecule has 1 unspecified atom stereocenters. The first-order valence-corrected chi connectivity index (χ1v) is 19.2. The number of ether oxygens (including phenoxy) is 3. The number of aromatic nitrogens is 2. The molecular weight excluding hydrogens is 711 g/mol. The molecule has 2 atom stereocenters. The van der Waals surface area contributed by atoms with Crippen LogP contribution in [0.3, 0.4) is 0 Å². The number of hydrogen-bond acceptors (Lipinski definition) is 11. The molecule has 0 aliphatic rings. The van der Waals surface area contributed by atoms with Gasteiger partial charge < -0.3 is 18.7 Å². The maximum absolute atomic E-state index is 13.0. The molecule has 0 amide bonds. The number of rotatable bonds is 16. The summed E-state index contributed by atoms with van der Waals surface area (Å²) in [5, 5.41) is 9.66. The van der Waals surface area contributed by atoms with Crippen molar-refractivity contribution >= 4 is 24.5 Å². The van der Waals surface area contributed by atoms with E-state index in [9.17, 15) is 18.8 Å². The molecule has 0 aliphatic carbocycles. The monoisotopic (exact) mass is 755 g/mol. The first kappa shape index (κ1) is 41.9. The zero-order valence-electron chi connectivity index (χ0n) is 30.2. The fourth-order valence-corrected chi connectivity index (χ4v) is 6.76. The topological polar surface area (TPSA) is 122 Å². The quantitative estimate of drug-likeness (QED) is 0.0802. The zero-order valence-corrected chi connectivity index (χ0v) is 31.9. The lowest BCUT2D eigenvalue weighted by atomic mass is 9.88. The summed E-state index contributed by atoms with van der Waals surface area (Å²) >= 11 is 5.32. The van der Waals surface area contributed by atoms with Gasteiger partial charge in [0.15, 0.2) is 0 Å². The summed E-state index contributed by atoms with van der Waals surface area (Å²) in [6.07, 6.45) is -1.14. The number of halogens is 2. The lowest BCUT2D eigenvalue weighted by Gasteiger charge is -2.22. The molecule has 0 radical (unpaired) electrons. The summed E-state index contributed by atoms with van der Waals surface area (Å²) in [6, 6.07) is 25.5.